The molecule has 4 nitrogen and oxygen atoms in total. The van der Waals surface area contributed by atoms with Gasteiger partial charge in [0.1, 0.15) is 5.75 Å². The smallest absolute Gasteiger partial charge is 0.337 e. The number of rotatable bonds is 3. The fraction of sp³-hybridized carbons (Fsp3) is 0.333. The van der Waals surface area contributed by atoms with E-state index >= 15 is 0 Å². The van der Waals surface area contributed by atoms with Crippen LogP contribution in [-0.4, -0.2) is 20.2 Å². The average Bonchev–Trinajstić information content (AvgIpc) is 2.35. The molecule has 0 aliphatic carbocycles. The van der Waals surface area contributed by atoms with Gasteiger partial charge >= 0.3 is 5.97 Å². The number of benzene rings is 1. The largest absolute Gasteiger partial charge is 0.496 e. The van der Waals surface area contributed by atoms with Gasteiger partial charge < -0.3 is 9.47 Å². The standard InChI is InChI=1S/C12H13NO3/c1-8(7-13)10-6-9(12(14)16-3)4-5-11(10)15-2/h4-6,8H,1-3H3. The highest BCUT2D eigenvalue weighted by atomic mass is 16.5. The topological polar surface area (TPSA) is 59.3 Å². The molecule has 84 valence electrons. The monoisotopic (exact) mass is 219 g/mol. The average molecular weight is 219 g/mol. The van der Waals surface area contributed by atoms with Crippen LogP contribution >= 0.6 is 0 Å². The molecule has 0 saturated carbocycles. The first-order valence-electron chi connectivity index (χ1n) is 4.80. The zero-order valence-electron chi connectivity index (χ0n) is 9.48. The number of carbonyl (C=O) groups is 1. The van der Waals surface area contributed by atoms with Gasteiger partial charge in [0, 0.05) is 5.56 Å². The second kappa shape index (κ2) is 5.17. The van der Waals surface area contributed by atoms with Crippen LogP contribution in [0.15, 0.2) is 18.2 Å². The molecule has 4 heteroatoms. The van der Waals surface area contributed by atoms with E-state index in [0.717, 1.165) is 0 Å². The van der Waals surface area contributed by atoms with Crippen LogP contribution in [0.4, 0.5) is 0 Å². The van der Waals surface area contributed by atoms with E-state index in [2.05, 4.69) is 10.8 Å². The highest BCUT2D eigenvalue weighted by Gasteiger charge is 2.14. The van der Waals surface area contributed by atoms with Crippen molar-refractivity contribution >= 4 is 5.97 Å². The summed E-state index contributed by atoms with van der Waals surface area (Å²) < 4.78 is 9.75. The quantitative estimate of drug-likeness (QED) is 0.730. The lowest BCUT2D eigenvalue weighted by atomic mass is 9.99. The number of ether oxygens (including phenoxy) is 2. The van der Waals surface area contributed by atoms with Crippen LogP contribution in [0.5, 0.6) is 5.75 Å². The Hall–Kier alpha value is -2.02. The Kier molecular flexibility index (Phi) is 3.90. The van der Waals surface area contributed by atoms with E-state index in [9.17, 15) is 4.79 Å². The van der Waals surface area contributed by atoms with Gasteiger partial charge in [0.2, 0.25) is 0 Å². The van der Waals surface area contributed by atoms with Crippen LogP contribution in [0.1, 0.15) is 28.8 Å². The van der Waals surface area contributed by atoms with E-state index in [1.165, 1.54) is 14.2 Å². The van der Waals surface area contributed by atoms with Crippen molar-refractivity contribution in [3.8, 4) is 11.8 Å². The lowest BCUT2D eigenvalue weighted by Gasteiger charge is -2.11. The SMILES string of the molecule is COC(=O)c1ccc(OC)c(C(C)C#N)c1. The molecular formula is C12H13NO3. The molecule has 1 aromatic carbocycles. The Morgan fingerprint density at radius 2 is 2.12 bits per heavy atom. The third-order valence-corrected chi connectivity index (χ3v) is 2.31. The van der Waals surface area contributed by atoms with Gasteiger partial charge in [0.05, 0.1) is 31.8 Å². The number of nitrogens with zero attached hydrogens (tertiary/aromatic N) is 1. The van der Waals surface area contributed by atoms with Crippen LogP contribution in [-0.2, 0) is 4.74 Å². The van der Waals surface area contributed by atoms with Gasteiger partial charge in [0.25, 0.3) is 0 Å². The molecule has 0 radical (unpaired) electrons. The van der Waals surface area contributed by atoms with E-state index < -0.39 is 5.97 Å². The molecule has 1 rings (SSSR count). The van der Waals surface area contributed by atoms with E-state index in [0.29, 0.717) is 16.9 Å². The molecule has 16 heavy (non-hydrogen) atoms. The van der Waals surface area contributed by atoms with Crippen LogP contribution in [0.2, 0.25) is 0 Å². The molecule has 0 spiro atoms. The fourth-order valence-electron chi connectivity index (χ4n) is 1.39. The number of hydrogen-bond acceptors (Lipinski definition) is 4. The molecule has 0 heterocycles. The number of carbonyl (C=O) groups excluding carboxylic acids is 1. The predicted octanol–water partition coefficient (Wildman–Crippen LogP) is 2.11. The molecule has 1 atom stereocenters. The van der Waals surface area contributed by atoms with Crippen molar-refractivity contribution in [1.29, 1.82) is 5.26 Å². The summed E-state index contributed by atoms with van der Waals surface area (Å²) in [6.45, 7) is 1.75. The molecule has 1 unspecified atom stereocenters. The summed E-state index contributed by atoms with van der Waals surface area (Å²) in [4.78, 5) is 11.3. The van der Waals surface area contributed by atoms with E-state index in [4.69, 9.17) is 10.00 Å². The lowest BCUT2D eigenvalue weighted by molar-refractivity contribution is 0.0600. The lowest BCUT2D eigenvalue weighted by Crippen LogP contribution is -2.04. The van der Waals surface area contributed by atoms with Gasteiger partial charge in [-0.2, -0.15) is 5.26 Å². The molecule has 0 aliphatic rings. The Morgan fingerprint density at radius 3 is 2.62 bits per heavy atom. The van der Waals surface area contributed by atoms with E-state index in [1.807, 2.05) is 0 Å². The maximum absolute atomic E-state index is 11.3. The van der Waals surface area contributed by atoms with Gasteiger partial charge in [-0.1, -0.05) is 0 Å². The number of nitriles is 1. The van der Waals surface area contributed by atoms with Gasteiger partial charge in [-0.3, -0.25) is 0 Å². The first-order valence-corrected chi connectivity index (χ1v) is 4.80. The number of hydrogen-bond donors (Lipinski definition) is 0. The first-order chi connectivity index (χ1) is 7.63. The molecule has 0 fully saturated rings. The maximum atomic E-state index is 11.3. The van der Waals surface area contributed by atoms with Crippen LogP contribution in [0, 0.1) is 11.3 Å². The molecule has 1 aromatic rings. The van der Waals surface area contributed by atoms with Gasteiger partial charge in [-0.15, -0.1) is 0 Å². The highest BCUT2D eigenvalue weighted by molar-refractivity contribution is 5.89. The zero-order chi connectivity index (χ0) is 12.1. The highest BCUT2D eigenvalue weighted by Crippen LogP contribution is 2.27. The van der Waals surface area contributed by atoms with Crippen LogP contribution < -0.4 is 4.74 Å². The zero-order valence-corrected chi connectivity index (χ0v) is 9.48. The van der Waals surface area contributed by atoms with Crippen molar-refractivity contribution in [1.82, 2.24) is 0 Å². The Bertz CT molecular complexity index is 434. The molecule has 0 aliphatic heterocycles. The molecule has 0 saturated heterocycles. The minimum absolute atomic E-state index is 0.334. The van der Waals surface area contributed by atoms with Crippen molar-refractivity contribution < 1.29 is 14.3 Å². The van der Waals surface area contributed by atoms with Crippen molar-refractivity contribution in [3.63, 3.8) is 0 Å². The summed E-state index contributed by atoms with van der Waals surface area (Å²) in [7, 11) is 2.85. The van der Waals surface area contributed by atoms with Crippen molar-refractivity contribution in [2.45, 2.75) is 12.8 Å². The van der Waals surface area contributed by atoms with E-state index in [-0.39, 0.29) is 5.92 Å². The minimum atomic E-state index is -0.422. The van der Waals surface area contributed by atoms with Crippen molar-refractivity contribution in [2.75, 3.05) is 14.2 Å². The van der Waals surface area contributed by atoms with Crippen LogP contribution in [0.25, 0.3) is 0 Å². The van der Waals surface area contributed by atoms with Gasteiger partial charge in [0.15, 0.2) is 0 Å². The second-order valence-corrected chi connectivity index (χ2v) is 3.30. The van der Waals surface area contributed by atoms with Crippen LogP contribution in [0.3, 0.4) is 0 Å². The molecule has 0 N–H and O–H groups in total. The summed E-state index contributed by atoms with van der Waals surface area (Å²) in [6, 6.07) is 7.00. The molecule has 0 bridgehead atoms. The summed E-state index contributed by atoms with van der Waals surface area (Å²) in [5, 5.41) is 8.87. The molecule has 0 amide bonds. The third-order valence-electron chi connectivity index (χ3n) is 2.31. The summed E-state index contributed by atoms with van der Waals surface area (Å²) in [5.41, 5.74) is 1.10. The minimum Gasteiger partial charge on any atom is -0.496 e. The summed E-state index contributed by atoms with van der Waals surface area (Å²) in [6.07, 6.45) is 0. The maximum Gasteiger partial charge on any atom is 0.337 e. The summed E-state index contributed by atoms with van der Waals surface area (Å²) in [5.74, 6) is -0.157. The fourth-order valence-corrected chi connectivity index (χ4v) is 1.39. The van der Waals surface area contributed by atoms with Gasteiger partial charge in [-0.05, 0) is 25.1 Å². The number of methoxy groups -OCH3 is 2. The number of esters is 1. The Labute approximate surface area is 94.4 Å². The predicted molar refractivity (Wildman–Crippen MR) is 58.4 cm³/mol. The Morgan fingerprint density at radius 1 is 1.44 bits per heavy atom. The van der Waals surface area contributed by atoms with Crippen molar-refractivity contribution in [3.05, 3.63) is 29.3 Å². The molecular weight excluding hydrogens is 206 g/mol. The first kappa shape index (κ1) is 12.1. The van der Waals surface area contributed by atoms with Gasteiger partial charge in [-0.25, -0.2) is 4.79 Å². The van der Waals surface area contributed by atoms with E-state index in [1.54, 1.807) is 25.1 Å². The Balaban J connectivity index is 3.22. The second-order valence-electron chi connectivity index (χ2n) is 3.30. The van der Waals surface area contributed by atoms with Crippen molar-refractivity contribution in [2.24, 2.45) is 0 Å². The normalized spacial score (nSPS) is 11.4. The summed E-state index contributed by atoms with van der Waals surface area (Å²) >= 11 is 0. The molecule has 0 aromatic heterocycles. The third kappa shape index (κ3) is 2.31.